The zero-order valence-corrected chi connectivity index (χ0v) is 13.2. The summed E-state index contributed by atoms with van der Waals surface area (Å²) < 4.78 is 51.6. The number of rotatable bonds is 4. The van der Waals surface area contributed by atoms with Crippen LogP contribution in [-0.2, 0) is 11.6 Å². The van der Waals surface area contributed by atoms with Crippen LogP contribution < -0.4 is 5.32 Å². The summed E-state index contributed by atoms with van der Waals surface area (Å²) in [4.78, 5) is 0. The van der Waals surface area contributed by atoms with Gasteiger partial charge in [-0.2, -0.15) is 13.2 Å². The molecule has 21 heavy (non-hydrogen) atoms. The zero-order chi connectivity index (χ0) is 16.5. The van der Waals surface area contributed by atoms with Gasteiger partial charge in [-0.1, -0.05) is 19.9 Å². The van der Waals surface area contributed by atoms with Gasteiger partial charge < -0.3 is 5.32 Å². The monoisotopic (exact) mass is 305 g/mol. The van der Waals surface area contributed by atoms with Crippen LogP contribution in [0.25, 0.3) is 0 Å². The highest BCUT2D eigenvalue weighted by molar-refractivity contribution is 5.32. The molecule has 0 aliphatic carbocycles. The quantitative estimate of drug-likeness (QED) is 0.780. The molecule has 1 nitrogen and oxygen atoms in total. The van der Waals surface area contributed by atoms with Crippen LogP contribution in [0.3, 0.4) is 0 Å². The highest BCUT2D eigenvalue weighted by Gasteiger charge is 2.35. The second kappa shape index (κ2) is 5.95. The van der Waals surface area contributed by atoms with Crippen molar-refractivity contribution in [3.05, 3.63) is 35.1 Å². The van der Waals surface area contributed by atoms with Crippen molar-refractivity contribution in [3.63, 3.8) is 0 Å². The number of alkyl halides is 3. The molecule has 0 aliphatic heterocycles. The largest absolute Gasteiger partial charge is 0.419 e. The molecule has 0 spiro atoms. The SMILES string of the molecule is CC(C)(C)NCCC(C)(C)c1ccc(F)c(C(F)(F)F)c1. The van der Waals surface area contributed by atoms with Crippen LogP contribution in [0, 0.1) is 5.82 Å². The molecule has 0 unspecified atom stereocenters. The van der Waals surface area contributed by atoms with Crippen molar-refractivity contribution in [2.75, 3.05) is 6.54 Å². The smallest absolute Gasteiger partial charge is 0.312 e. The molecule has 0 amide bonds. The summed E-state index contributed by atoms with van der Waals surface area (Å²) in [5.74, 6) is -1.23. The molecular formula is C16H23F4N. The maximum Gasteiger partial charge on any atom is 0.419 e. The van der Waals surface area contributed by atoms with E-state index in [9.17, 15) is 17.6 Å². The minimum Gasteiger partial charge on any atom is -0.312 e. The van der Waals surface area contributed by atoms with E-state index in [0.717, 1.165) is 12.1 Å². The molecule has 0 heterocycles. The molecule has 0 saturated carbocycles. The fourth-order valence-electron chi connectivity index (χ4n) is 2.06. The van der Waals surface area contributed by atoms with Crippen molar-refractivity contribution in [1.82, 2.24) is 5.32 Å². The summed E-state index contributed by atoms with van der Waals surface area (Å²) in [5, 5.41) is 3.31. The van der Waals surface area contributed by atoms with E-state index in [1.807, 2.05) is 34.6 Å². The van der Waals surface area contributed by atoms with Crippen LogP contribution in [-0.4, -0.2) is 12.1 Å². The maximum absolute atomic E-state index is 13.3. The van der Waals surface area contributed by atoms with Crippen LogP contribution in [0.1, 0.15) is 52.2 Å². The third-order valence-electron chi connectivity index (χ3n) is 3.46. The Balaban J connectivity index is 2.93. The molecule has 120 valence electrons. The maximum atomic E-state index is 13.3. The second-order valence-corrected chi connectivity index (χ2v) is 7.00. The lowest BCUT2D eigenvalue weighted by Crippen LogP contribution is -2.38. The van der Waals surface area contributed by atoms with E-state index in [1.54, 1.807) is 0 Å². The highest BCUT2D eigenvalue weighted by atomic mass is 19.4. The minimum absolute atomic E-state index is 0.0456. The molecule has 0 fully saturated rings. The van der Waals surface area contributed by atoms with Gasteiger partial charge in [-0.15, -0.1) is 0 Å². The normalized spacial score (nSPS) is 13.6. The lowest BCUT2D eigenvalue weighted by molar-refractivity contribution is -0.140. The molecule has 5 heteroatoms. The van der Waals surface area contributed by atoms with E-state index in [0.29, 0.717) is 18.5 Å². The van der Waals surface area contributed by atoms with Gasteiger partial charge in [-0.05, 0) is 56.8 Å². The van der Waals surface area contributed by atoms with Gasteiger partial charge in [0.25, 0.3) is 0 Å². The van der Waals surface area contributed by atoms with Gasteiger partial charge in [-0.25, -0.2) is 4.39 Å². The average molecular weight is 305 g/mol. The van der Waals surface area contributed by atoms with Crippen molar-refractivity contribution in [2.45, 2.75) is 58.2 Å². The van der Waals surface area contributed by atoms with Gasteiger partial charge in [0.05, 0.1) is 5.56 Å². The topological polar surface area (TPSA) is 12.0 Å². The van der Waals surface area contributed by atoms with E-state index in [4.69, 9.17) is 0 Å². The van der Waals surface area contributed by atoms with E-state index in [1.165, 1.54) is 6.07 Å². The molecule has 0 radical (unpaired) electrons. The predicted molar refractivity (Wildman–Crippen MR) is 76.8 cm³/mol. The molecule has 1 aromatic carbocycles. The molecule has 0 aromatic heterocycles. The third-order valence-corrected chi connectivity index (χ3v) is 3.46. The van der Waals surface area contributed by atoms with Crippen molar-refractivity contribution in [1.29, 1.82) is 0 Å². The third kappa shape index (κ3) is 5.30. The molecule has 0 aliphatic rings. The second-order valence-electron chi connectivity index (χ2n) is 7.00. The number of halogens is 4. The van der Waals surface area contributed by atoms with Crippen LogP contribution in [0.2, 0.25) is 0 Å². The first kappa shape index (κ1) is 18.0. The lowest BCUT2D eigenvalue weighted by Gasteiger charge is -2.29. The lowest BCUT2D eigenvalue weighted by atomic mass is 9.80. The summed E-state index contributed by atoms with van der Waals surface area (Å²) in [5.41, 5.74) is -1.22. The van der Waals surface area contributed by atoms with Crippen molar-refractivity contribution >= 4 is 0 Å². The Labute approximate surface area is 123 Å². The van der Waals surface area contributed by atoms with Gasteiger partial charge in [0, 0.05) is 5.54 Å². The highest BCUT2D eigenvalue weighted by Crippen LogP contribution is 2.35. The molecule has 0 atom stereocenters. The van der Waals surface area contributed by atoms with E-state index >= 15 is 0 Å². The van der Waals surface area contributed by atoms with Crippen molar-refractivity contribution in [3.8, 4) is 0 Å². The fourth-order valence-corrected chi connectivity index (χ4v) is 2.06. The molecule has 0 saturated heterocycles. The van der Waals surface area contributed by atoms with Crippen LogP contribution >= 0.6 is 0 Å². The van der Waals surface area contributed by atoms with Gasteiger partial charge in [0.2, 0.25) is 0 Å². The Morgan fingerprint density at radius 2 is 1.57 bits per heavy atom. The molecule has 0 bridgehead atoms. The molecule has 1 N–H and O–H groups in total. The first-order chi connectivity index (χ1) is 9.33. The van der Waals surface area contributed by atoms with Gasteiger partial charge >= 0.3 is 6.18 Å². The summed E-state index contributed by atoms with van der Waals surface area (Å²) in [7, 11) is 0. The van der Waals surface area contributed by atoms with Gasteiger partial charge in [-0.3, -0.25) is 0 Å². The van der Waals surface area contributed by atoms with E-state index < -0.39 is 23.0 Å². The first-order valence-electron chi connectivity index (χ1n) is 6.95. The van der Waals surface area contributed by atoms with Crippen LogP contribution in [0.4, 0.5) is 17.6 Å². The van der Waals surface area contributed by atoms with Crippen LogP contribution in [0.5, 0.6) is 0 Å². The number of nitrogens with one attached hydrogen (secondary N) is 1. The summed E-state index contributed by atoms with van der Waals surface area (Å²) in [6.07, 6.45) is -4.01. The number of benzene rings is 1. The molecule has 1 aromatic rings. The predicted octanol–water partition coefficient (Wildman–Crippen LogP) is 4.90. The summed E-state index contributed by atoms with van der Waals surface area (Å²) in [6, 6.07) is 3.26. The average Bonchev–Trinajstić information content (AvgIpc) is 2.25. The Morgan fingerprint density at radius 3 is 2.05 bits per heavy atom. The van der Waals surface area contributed by atoms with Crippen LogP contribution in [0.15, 0.2) is 18.2 Å². The van der Waals surface area contributed by atoms with E-state index in [-0.39, 0.29) is 5.54 Å². The standard InChI is InChI=1S/C16H23F4N/c1-14(2,3)21-9-8-15(4,5)11-6-7-13(17)12(10-11)16(18,19)20/h6-7,10,21H,8-9H2,1-5H3. The van der Waals surface area contributed by atoms with Crippen molar-refractivity contribution < 1.29 is 17.6 Å². The summed E-state index contributed by atoms with van der Waals surface area (Å²) in [6.45, 7) is 10.5. The molecule has 1 rings (SSSR count). The number of hydrogen-bond donors (Lipinski definition) is 1. The molecular weight excluding hydrogens is 282 g/mol. The van der Waals surface area contributed by atoms with E-state index in [2.05, 4.69) is 5.32 Å². The first-order valence-corrected chi connectivity index (χ1v) is 6.95. The Morgan fingerprint density at radius 1 is 1.00 bits per heavy atom. The van der Waals surface area contributed by atoms with Gasteiger partial charge in [0.1, 0.15) is 5.82 Å². The Bertz CT molecular complexity index is 484. The minimum atomic E-state index is -4.67. The number of hydrogen-bond acceptors (Lipinski definition) is 1. The Hall–Kier alpha value is -1.10. The Kier molecular flexibility index (Phi) is 5.09. The zero-order valence-electron chi connectivity index (χ0n) is 13.2. The van der Waals surface area contributed by atoms with Gasteiger partial charge in [0.15, 0.2) is 0 Å². The fraction of sp³-hybridized carbons (Fsp3) is 0.625. The van der Waals surface area contributed by atoms with Crippen molar-refractivity contribution in [2.24, 2.45) is 0 Å². The summed E-state index contributed by atoms with van der Waals surface area (Å²) >= 11 is 0.